The number of hydrogen-bond acceptors (Lipinski definition) is 7. The number of likely N-dealkylation sites (tertiary alicyclic amines) is 1. The van der Waals surface area contributed by atoms with Crippen molar-refractivity contribution in [1.29, 1.82) is 0 Å². The molecule has 3 aliphatic rings. The van der Waals surface area contributed by atoms with Crippen LogP contribution in [-0.4, -0.2) is 64.3 Å². The Balaban J connectivity index is 1.29. The molecule has 2 amide bonds. The number of carbonyl (C=O) groups is 2. The van der Waals surface area contributed by atoms with Gasteiger partial charge in [0.15, 0.2) is 5.60 Å². The van der Waals surface area contributed by atoms with Crippen LogP contribution in [0.1, 0.15) is 30.7 Å². The van der Waals surface area contributed by atoms with Crippen molar-refractivity contribution in [3.8, 4) is 0 Å². The van der Waals surface area contributed by atoms with Gasteiger partial charge in [-0.25, -0.2) is 0 Å². The predicted octanol–water partition coefficient (Wildman–Crippen LogP) is 0.185. The van der Waals surface area contributed by atoms with Crippen molar-refractivity contribution in [1.82, 2.24) is 20.2 Å². The van der Waals surface area contributed by atoms with Gasteiger partial charge in [-0.2, -0.15) is 0 Å². The molecule has 144 valence electrons. The number of aryl methyl sites for hydroxylation is 1. The van der Waals surface area contributed by atoms with Crippen LogP contribution in [0.25, 0.3) is 0 Å². The Bertz CT molecular complexity index is 760. The highest BCUT2D eigenvalue weighted by atomic mass is 16.7. The minimum atomic E-state index is -0.578. The lowest BCUT2D eigenvalue weighted by molar-refractivity contribution is -0.135. The van der Waals surface area contributed by atoms with Crippen LogP contribution in [0.3, 0.4) is 0 Å². The molecule has 1 aromatic rings. The summed E-state index contributed by atoms with van der Waals surface area (Å²) in [6.07, 6.45) is 5.15. The van der Waals surface area contributed by atoms with Gasteiger partial charge < -0.3 is 19.8 Å². The highest BCUT2D eigenvalue weighted by Crippen LogP contribution is 2.35. The monoisotopic (exact) mass is 373 g/mol. The van der Waals surface area contributed by atoms with Gasteiger partial charge in [0.05, 0.1) is 43.2 Å². The van der Waals surface area contributed by atoms with E-state index in [0.717, 1.165) is 12.1 Å². The first-order chi connectivity index (χ1) is 13.0. The van der Waals surface area contributed by atoms with E-state index in [2.05, 4.69) is 20.4 Å². The molecule has 0 saturated carbocycles. The van der Waals surface area contributed by atoms with Gasteiger partial charge in [0.1, 0.15) is 5.71 Å². The molecule has 1 spiro atoms. The van der Waals surface area contributed by atoms with Crippen LogP contribution in [0.5, 0.6) is 0 Å². The number of hydrogen-bond donors (Lipinski definition) is 1. The zero-order valence-corrected chi connectivity index (χ0v) is 15.3. The second-order valence-electron chi connectivity index (χ2n) is 7.39. The molecule has 2 fully saturated rings. The summed E-state index contributed by atoms with van der Waals surface area (Å²) >= 11 is 0. The van der Waals surface area contributed by atoms with E-state index in [4.69, 9.17) is 9.57 Å². The Morgan fingerprint density at radius 3 is 3.00 bits per heavy atom. The van der Waals surface area contributed by atoms with Crippen molar-refractivity contribution in [2.75, 3.05) is 26.3 Å². The van der Waals surface area contributed by atoms with E-state index in [1.54, 1.807) is 12.4 Å². The number of rotatable bonds is 4. The number of carbonyl (C=O) groups excluding carboxylic acids is 2. The van der Waals surface area contributed by atoms with E-state index in [1.165, 1.54) is 0 Å². The smallest absolute Gasteiger partial charge is 0.269 e. The summed E-state index contributed by atoms with van der Waals surface area (Å²) in [7, 11) is 0. The second-order valence-corrected chi connectivity index (χ2v) is 7.39. The largest absolute Gasteiger partial charge is 0.386 e. The molecule has 3 aliphatic heterocycles. The maximum absolute atomic E-state index is 12.5. The first-order valence-corrected chi connectivity index (χ1v) is 9.22. The van der Waals surface area contributed by atoms with Crippen LogP contribution in [0, 0.1) is 12.8 Å². The average Bonchev–Trinajstić information content (AvgIpc) is 3.43. The lowest BCUT2D eigenvalue weighted by atomic mass is 9.96. The summed E-state index contributed by atoms with van der Waals surface area (Å²) in [5.74, 6) is -0.215. The van der Waals surface area contributed by atoms with Crippen molar-refractivity contribution < 1.29 is 19.2 Å². The van der Waals surface area contributed by atoms with Gasteiger partial charge in [-0.15, -0.1) is 0 Å². The van der Waals surface area contributed by atoms with Crippen molar-refractivity contribution in [3.63, 3.8) is 0 Å². The molecule has 9 nitrogen and oxygen atoms in total. The lowest BCUT2D eigenvalue weighted by Gasteiger charge is -2.23. The average molecular weight is 373 g/mol. The zero-order chi connectivity index (χ0) is 18.9. The van der Waals surface area contributed by atoms with Crippen LogP contribution >= 0.6 is 0 Å². The maximum Gasteiger partial charge on any atom is 0.269 e. The molecule has 27 heavy (non-hydrogen) atoms. The molecule has 1 aromatic heterocycles. The van der Waals surface area contributed by atoms with Crippen LogP contribution in [-0.2, 0) is 25.7 Å². The SMILES string of the molecule is Cc1cnc(CNC(=O)C2=NO[C@]3(CCN(C(=O)[C@@H]4CCOC4)C3)C2)cn1. The Morgan fingerprint density at radius 1 is 1.37 bits per heavy atom. The van der Waals surface area contributed by atoms with Crippen molar-refractivity contribution >= 4 is 17.5 Å². The van der Waals surface area contributed by atoms with E-state index in [1.807, 2.05) is 11.8 Å². The van der Waals surface area contributed by atoms with Gasteiger partial charge in [-0.05, 0) is 13.3 Å². The van der Waals surface area contributed by atoms with E-state index >= 15 is 0 Å². The summed E-state index contributed by atoms with van der Waals surface area (Å²) in [6, 6.07) is 0. The molecule has 0 bridgehead atoms. The van der Waals surface area contributed by atoms with Gasteiger partial charge in [-0.3, -0.25) is 19.6 Å². The van der Waals surface area contributed by atoms with Gasteiger partial charge in [-0.1, -0.05) is 5.16 Å². The van der Waals surface area contributed by atoms with E-state index in [9.17, 15) is 9.59 Å². The molecule has 0 aromatic carbocycles. The maximum atomic E-state index is 12.5. The summed E-state index contributed by atoms with van der Waals surface area (Å²) in [4.78, 5) is 40.7. The van der Waals surface area contributed by atoms with Gasteiger partial charge >= 0.3 is 0 Å². The molecule has 9 heteroatoms. The lowest BCUT2D eigenvalue weighted by Crippen LogP contribution is -2.40. The zero-order valence-electron chi connectivity index (χ0n) is 15.3. The number of nitrogens with one attached hydrogen (secondary N) is 1. The molecule has 1 N–H and O–H groups in total. The standard InChI is InChI=1S/C18H23N5O4/c1-12-7-20-14(8-19-12)9-21-16(24)15-6-18(27-22-15)3-4-23(11-18)17(25)13-2-5-26-10-13/h7-8,13H,2-6,9-11H2,1H3,(H,21,24)/t13-,18-/m1/s1. The summed E-state index contributed by atoms with van der Waals surface area (Å²) in [6.45, 7) is 4.36. The predicted molar refractivity (Wildman–Crippen MR) is 94.6 cm³/mol. The topological polar surface area (TPSA) is 106 Å². The van der Waals surface area contributed by atoms with E-state index < -0.39 is 5.60 Å². The van der Waals surface area contributed by atoms with Crippen molar-refractivity contribution in [2.24, 2.45) is 11.1 Å². The first-order valence-electron chi connectivity index (χ1n) is 9.22. The fraction of sp³-hybridized carbons (Fsp3) is 0.611. The van der Waals surface area contributed by atoms with Crippen LogP contribution in [0.15, 0.2) is 17.5 Å². The summed E-state index contributed by atoms with van der Waals surface area (Å²) < 4.78 is 5.31. The third-order valence-corrected chi connectivity index (χ3v) is 5.27. The molecular weight excluding hydrogens is 350 g/mol. The number of oxime groups is 1. The Labute approximate surface area is 157 Å². The fourth-order valence-electron chi connectivity index (χ4n) is 3.67. The minimum absolute atomic E-state index is 0.0548. The van der Waals surface area contributed by atoms with Crippen LogP contribution < -0.4 is 5.32 Å². The Hall–Kier alpha value is -2.55. The van der Waals surface area contributed by atoms with Gasteiger partial charge in [0.25, 0.3) is 5.91 Å². The highest BCUT2D eigenvalue weighted by Gasteiger charge is 2.48. The quantitative estimate of drug-likeness (QED) is 0.807. The molecule has 2 atom stereocenters. The number of ether oxygens (including phenoxy) is 1. The summed E-state index contributed by atoms with van der Waals surface area (Å²) in [5.41, 5.74) is 1.28. The summed E-state index contributed by atoms with van der Waals surface area (Å²) in [5, 5.41) is 6.79. The molecule has 0 radical (unpaired) electrons. The van der Waals surface area contributed by atoms with Crippen LogP contribution in [0.2, 0.25) is 0 Å². The van der Waals surface area contributed by atoms with Crippen molar-refractivity contribution in [3.05, 3.63) is 23.8 Å². The third kappa shape index (κ3) is 3.78. The Kier molecular flexibility index (Phi) is 4.77. The Morgan fingerprint density at radius 2 is 2.26 bits per heavy atom. The molecule has 4 heterocycles. The van der Waals surface area contributed by atoms with Crippen LogP contribution in [0.4, 0.5) is 0 Å². The molecule has 0 unspecified atom stereocenters. The van der Waals surface area contributed by atoms with E-state index in [-0.39, 0.29) is 24.3 Å². The molecule has 2 saturated heterocycles. The third-order valence-electron chi connectivity index (χ3n) is 5.27. The number of nitrogens with zero attached hydrogens (tertiary/aromatic N) is 4. The highest BCUT2D eigenvalue weighted by molar-refractivity contribution is 6.39. The number of aromatic nitrogens is 2. The fourth-order valence-corrected chi connectivity index (χ4v) is 3.67. The molecule has 0 aliphatic carbocycles. The minimum Gasteiger partial charge on any atom is -0.386 e. The van der Waals surface area contributed by atoms with Gasteiger partial charge in [0, 0.05) is 32.2 Å². The van der Waals surface area contributed by atoms with E-state index in [0.29, 0.717) is 50.6 Å². The molecule has 4 rings (SSSR count). The normalized spacial score (nSPS) is 26.9. The second kappa shape index (κ2) is 7.22. The van der Waals surface area contributed by atoms with Crippen molar-refractivity contribution in [2.45, 2.75) is 38.3 Å². The first kappa shape index (κ1) is 17.8. The van der Waals surface area contributed by atoms with Gasteiger partial charge in [0.2, 0.25) is 5.91 Å². The number of amides is 2. The molecular formula is C18H23N5O4.